The normalized spacial score (nSPS) is 12.5. The third kappa shape index (κ3) is 4.47. The Morgan fingerprint density at radius 3 is 2.36 bits per heavy atom. The van der Waals surface area contributed by atoms with E-state index in [9.17, 15) is 18.0 Å². The number of carbonyl (C=O) groups excluding carboxylic acids is 1. The molecule has 0 spiro atoms. The van der Waals surface area contributed by atoms with Gasteiger partial charge in [0.05, 0.1) is 11.7 Å². The number of pyridine rings is 1. The van der Waals surface area contributed by atoms with Gasteiger partial charge in [-0.25, -0.2) is 0 Å². The molecule has 1 aromatic carbocycles. The lowest BCUT2D eigenvalue weighted by Crippen LogP contribution is -2.27. The summed E-state index contributed by atoms with van der Waals surface area (Å²) >= 11 is 0. The Hall–Kier alpha value is -2.57. The molecule has 0 saturated carbocycles. The molecule has 0 bridgehead atoms. The van der Waals surface area contributed by atoms with Crippen LogP contribution < -0.4 is 10.1 Å². The first-order valence-electron chi connectivity index (χ1n) is 6.39. The number of benzene rings is 1. The van der Waals surface area contributed by atoms with Crippen LogP contribution in [0.5, 0.6) is 5.75 Å². The monoisotopic (exact) mass is 310 g/mol. The quantitative estimate of drug-likeness (QED) is 0.943. The summed E-state index contributed by atoms with van der Waals surface area (Å²) in [6.45, 7) is 1.36. The minimum atomic E-state index is -4.74. The van der Waals surface area contributed by atoms with Crippen LogP contribution in [0.3, 0.4) is 0 Å². The average molecular weight is 310 g/mol. The standard InChI is InChI=1S/C15H13F3N2O2/c1-10(21)20-14(13-4-2-3-9-19-13)11-5-7-12(8-6-11)22-15(16,17)18/h2-9,14H,1H3,(H,20,21). The molecule has 22 heavy (non-hydrogen) atoms. The molecule has 2 aromatic rings. The highest BCUT2D eigenvalue weighted by molar-refractivity contribution is 5.74. The van der Waals surface area contributed by atoms with Crippen LogP contribution in [-0.4, -0.2) is 17.3 Å². The zero-order valence-corrected chi connectivity index (χ0v) is 11.6. The number of halogens is 3. The minimum absolute atomic E-state index is 0.272. The SMILES string of the molecule is CC(=O)NC(c1ccc(OC(F)(F)F)cc1)c1ccccn1. The molecule has 4 nitrogen and oxygen atoms in total. The number of hydrogen-bond donors (Lipinski definition) is 1. The molecule has 116 valence electrons. The van der Waals surface area contributed by atoms with E-state index in [0.717, 1.165) is 0 Å². The Bertz CT molecular complexity index is 627. The average Bonchev–Trinajstić information content (AvgIpc) is 2.45. The van der Waals surface area contributed by atoms with E-state index in [2.05, 4.69) is 15.0 Å². The maximum atomic E-state index is 12.1. The topological polar surface area (TPSA) is 51.2 Å². The van der Waals surface area contributed by atoms with Crippen molar-refractivity contribution in [2.45, 2.75) is 19.3 Å². The van der Waals surface area contributed by atoms with Crippen molar-refractivity contribution < 1.29 is 22.7 Å². The fraction of sp³-hybridized carbons (Fsp3) is 0.200. The van der Waals surface area contributed by atoms with E-state index in [1.807, 2.05) is 0 Å². The van der Waals surface area contributed by atoms with Gasteiger partial charge in [0.25, 0.3) is 0 Å². The van der Waals surface area contributed by atoms with Crippen LogP contribution in [0.25, 0.3) is 0 Å². The molecule has 0 aliphatic carbocycles. The molecule has 1 atom stereocenters. The Balaban J connectivity index is 2.27. The van der Waals surface area contributed by atoms with Crippen molar-refractivity contribution in [3.63, 3.8) is 0 Å². The Morgan fingerprint density at radius 1 is 1.18 bits per heavy atom. The van der Waals surface area contributed by atoms with Gasteiger partial charge in [0.2, 0.25) is 5.91 Å². The van der Waals surface area contributed by atoms with E-state index in [0.29, 0.717) is 11.3 Å². The number of nitrogens with zero attached hydrogens (tertiary/aromatic N) is 1. The second-order valence-electron chi connectivity index (χ2n) is 4.50. The van der Waals surface area contributed by atoms with E-state index < -0.39 is 12.4 Å². The summed E-state index contributed by atoms with van der Waals surface area (Å²) in [4.78, 5) is 15.5. The maximum absolute atomic E-state index is 12.1. The molecule has 1 N–H and O–H groups in total. The number of nitrogens with one attached hydrogen (secondary N) is 1. The number of carbonyl (C=O) groups is 1. The van der Waals surface area contributed by atoms with Gasteiger partial charge in [0.15, 0.2) is 0 Å². The molecule has 1 heterocycles. The third-order valence-corrected chi connectivity index (χ3v) is 2.78. The van der Waals surface area contributed by atoms with Gasteiger partial charge in [-0.3, -0.25) is 9.78 Å². The second kappa shape index (κ2) is 6.46. The van der Waals surface area contributed by atoms with Crippen LogP contribution in [0.1, 0.15) is 24.2 Å². The summed E-state index contributed by atoms with van der Waals surface area (Å²) < 4.78 is 40.3. The number of alkyl halides is 3. The van der Waals surface area contributed by atoms with E-state index in [1.54, 1.807) is 24.4 Å². The lowest BCUT2D eigenvalue weighted by molar-refractivity contribution is -0.274. The number of hydrogen-bond acceptors (Lipinski definition) is 3. The number of ether oxygens (including phenoxy) is 1. The van der Waals surface area contributed by atoms with Gasteiger partial charge in [-0.05, 0) is 29.8 Å². The highest BCUT2D eigenvalue weighted by Crippen LogP contribution is 2.26. The molecule has 1 unspecified atom stereocenters. The van der Waals surface area contributed by atoms with Crippen molar-refractivity contribution in [2.75, 3.05) is 0 Å². The zero-order chi connectivity index (χ0) is 16.2. The summed E-state index contributed by atoms with van der Waals surface area (Å²) in [5, 5.41) is 2.72. The van der Waals surface area contributed by atoms with Crippen molar-refractivity contribution in [1.29, 1.82) is 0 Å². The van der Waals surface area contributed by atoms with Crippen molar-refractivity contribution in [3.8, 4) is 5.75 Å². The largest absolute Gasteiger partial charge is 0.573 e. The summed E-state index contributed by atoms with van der Waals surface area (Å²) in [5.74, 6) is -0.592. The highest BCUT2D eigenvalue weighted by atomic mass is 19.4. The predicted molar refractivity (Wildman–Crippen MR) is 73.0 cm³/mol. The Morgan fingerprint density at radius 2 is 1.86 bits per heavy atom. The van der Waals surface area contributed by atoms with E-state index in [1.165, 1.54) is 31.2 Å². The van der Waals surface area contributed by atoms with Gasteiger partial charge >= 0.3 is 6.36 Å². The molecule has 1 amide bonds. The molecule has 2 rings (SSSR count). The van der Waals surface area contributed by atoms with E-state index in [4.69, 9.17) is 0 Å². The lowest BCUT2D eigenvalue weighted by Gasteiger charge is -2.18. The van der Waals surface area contributed by atoms with Gasteiger partial charge in [-0.2, -0.15) is 0 Å². The predicted octanol–water partition coefficient (Wildman–Crippen LogP) is 3.21. The first-order valence-corrected chi connectivity index (χ1v) is 6.39. The van der Waals surface area contributed by atoms with Gasteiger partial charge in [-0.1, -0.05) is 18.2 Å². The molecule has 0 radical (unpaired) electrons. The molecular weight excluding hydrogens is 297 g/mol. The number of aromatic nitrogens is 1. The van der Waals surface area contributed by atoms with Crippen LogP contribution in [0.2, 0.25) is 0 Å². The van der Waals surface area contributed by atoms with Crippen molar-refractivity contribution in [2.24, 2.45) is 0 Å². The van der Waals surface area contributed by atoms with Crippen LogP contribution >= 0.6 is 0 Å². The van der Waals surface area contributed by atoms with Crippen LogP contribution in [0, 0.1) is 0 Å². The smallest absolute Gasteiger partial charge is 0.406 e. The Kier molecular flexibility index (Phi) is 4.65. The van der Waals surface area contributed by atoms with Gasteiger partial charge in [0.1, 0.15) is 5.75 Å². The van der Waals surface area contributed by atoms with Crippen LogP contribution in [0.4, 0.5) is 13.2 Å². The Labute approximate surface area is 124 Å². The van der Waals surface area contributed by atoms with E-state index >= 15 is 0 Å². The summed E-state index contributed by atoms with van der Waals surface area (Å²) in [6.07, 6.45) is -3.16. The first-order chi connectivity index (χ1) is 10.3. The van der Waals surface area contributed by atoms with Crippen LogP contribution in [-0.2, 0) is 4.79 Å². The molecule has 0 fully saturated rings. The van der Waals surface area contributed by atoms with Crippen molar-refractivity contribution in [1.82, 2.24) is 10.3 Å². The summed E-state index contributed by atoms with van der Waals surface area (Å²) in [6, 6.07) is 9.97. The minimum Gasteiger partial charge on any atom is -0.406 e. The molecule has 0 aliphatic heterocycles. The fourth-order valence-electron chi connectivity index (χ4n) is 1.94. The first kappa shape index (κ1) is 15.8. The van der Waals surface area contributed by atoms with E-state index in [-0.39, 0.29) is 11.7 Å². The van der Waals surface area contributed by atoms with Crippen molar-refractivity contribution >= 4 is 5.91 Å². The summed E-state index contributed by atoms with van der Waals surface area (Å²) in [7, 11) is 0. The van der Waals surface area contributed by atoms with Crippen LogP contribution in [0.15, 0.2) is 48.7 Å². The van der Waals surface area contributed by atoms with Gasteiger partial charge in [0, 0.05) is 13.1 Å². The molecule has 0 saturated heterocycles. The fourth-order valence-corrected chi connectivity index (χ4v) is 1.94. The lowest BCUT2D eigenvalue weighted by atomic mass is 10.0. The zero-order valence-electron chi connectivity index (χ0n) is 11.6. The third-order valence-electron chi connectivity index (χ3n) is 2.78. The molecule has 0 aliphatic rings. The number of amides is 1. The molecular formula is C15H13F3N2O2. The molecule has 1 aromatic heterocycles. The van der Waals surface area contributed by atoms with Gasteiger partial charge < -0.3 is 10.1 Å². The van der Waals surface area contributed by atoms with Crippen molar-refractivity contribution in [3.05, 3.63) is 59.9 Å². The van der Waals surface area contributed by atoms with Gasteiger partial charge in [-0.15, -0.1) is 13.2 Å². The summed E-state index contributed by atoms with van der Waals surface area (Å²) in [5.41, 5.74) is 1.19. The number of rotatable bonds is 4. The maximum Gasteiger partial charge on any atom is 0.573 e. The highest BCUT2D eigenvalue weighted by Gasteiger charge is 2.31. The second-order valence-corrected chi connectivity index (χ2v) is 4.50. The molecule has 7 heteroatoms.